The molecule has 1 N–H and O–H groups in total. The van der Waals surface area contributed by atoms with Crippen LogP contribution in [0.3, 0.4) is 0 Å². The van der Waals surface area contributed by atoms with E-state index in [0.717, 1.165) is 5.56 Å². The number of amides is 1. The van der Waals surface area contributed by atoms with E-state index in [4.69, 9.17) is 9.26 Å². The Hall–Kier alpha value is -2.37. The summed E-state index contributed by atoms with van der Waals surface area (Å²) in [6.45, 7) is 10.0. The second-order valence-electron chi connectivity index (χ2n) is 7.57. The normalized spacial score (nSPS) is 12.0. The molecule has 0 spiro atoms. The van der Waals surface area contributed by atoms with Crippen LogP contribution in [-0.2, 0) is 11.2 Å². The first-order chi connectivity index (χ1) is 11.1. The van der Waals surface area contributed by atoms with Gasteiger partial charge < -0.3 is 14.6 Å². The van der Waals surface area contributed by atoms with Gasteiger partial charge in [-0.2, -0.15) is 4.98 Å². The van der Waals surface area contributed by atoms with Crippen molar-refractivity contribution in [2.75, 3.05) is 6.54 Å². The predicted octanol–water partition coefficient (Wildman–Crippen LogP) is 3.83. The molecule has 130 valence electrons. The standard InChI is InChI=1S/C18H25N3O3/c1-17(2,3)23-16(22)19-12-18(4,5)11-14-20-15(21-24-14)13-9-7-6-8-10-13/h6-10H,11-12H2,1-5H3,(H,19,22). The summed E-state index contributed by atoms with van der Waals surface area (Å²) >= 11 is 0. The molecule has 0 saturated carbocycles. The maximum atomic E-state index is 11.8. The third kappa shape index (κ3) is 5.68. The van der Waals surface area contributed by atoms with Crippen LogP contribution in [-0.4, -0.2) is 28.4 Å². The number of alkyl carbamates (subject to hydrolysis) is 1. The summed E-state index contributed by atoms with van der Waals surface area (Å²) in [5, 5.41) is 6.80. The van der Waals surface area contributed by atoms with E-state index in [1.54, 1.807) is 0 Å². The summed E-state index contributed by atoms with van der Waals surface area (Å²) in [4.78, 5) is 16.2. The molecule has 6 nitrogen and oxygen atoms in total. The van der Waals surface area contributed by atoms with Crippen molar-refractivity contribution < 1.29 is 14.1 Å². The van der Waals surface area contributed by atoms with Crippen molar-refractivity contribution in [2.24, 2.45) is 5.41 Å². The fourth-order valence-electron chi connectivity index (χ4n) is 2.13. The lowest BCUT2D eigenvalue weighted by molar-refractivity contribution is 0.0504. The number of nitrogens with zero attached hydrogens (tertiary/aromatic N) is 2. The first-order valence-electron chi connectivity index (χ1n) is 7.99. The molecule has 0 saturated heterocycles. The zero-order chi connectivity index (χ0) is 17.8. The molecule has 0 radical (unpaired) electrons. The van der Waals surface area contributed by atoms with Gasteiger partial charge in [0.15, 0.2) is 0 Å². The quantitative estimate of drug-likeness (QED) is 0.901. The first kappa shape index (κ1) is 18.0. The van der Waals surface area contributed by atoms with Crippen LogP contribution in [0.2, 0.25) is 0 Å². The molecular weight excluding hydrogens is 306 g/mol. The third-order valence-corrected chi connectivity index (χ3v) is 3.24. The minimum absolute atomic E-state index is 0.239. The molecule has 0 unspecified atom stereocenters. The fraction of sp³-hybridized carbons (Fsp3) is 0.500. The smallest absolute Gasteiger partial charge is 0.407 e. The van der Waals surface area contributed by atoms with E-state index in [0.29, 0.717) is 24.7 Å². The lowest BCUT2D eigenvalue weighted by Gasteiger charge is -2.25. The molecule has 0 fully saturated rings. The molecular formula is C18H25N3O3. The molecule has 2 rings (SSSR count). The number of hydrogen-bond donors (Lipinski definition) is 1. The van der Waals surface area contributed by atoms with Gasteiger partial charge in [0.25, 0.3) is 0 Å². The lowest BCUT2D eigenvalue weighted by atomic mass is 9.89. The van der Waals surface area contributed by atoms with Gasteiger partial charge in [-0.05, 0) is 26.2 Å². The van der Waals surface area contributed by atoms with Gasteiger partial charge in [-0.25, -0.2) is 4.79 Å². The second-order valence-corrected chi connectivity index (χ2v) is 7.57. The second kappa shape index (κ2) is 7.03. The highest BCUT2D eigenvalue weighted by Crippen LogP contribution is 2.22. The van der Waals surface area contributed by atoms with E-state index < -0.39 is 11.7 Å². The Bertz CT molecular complexity index is 672. The fourth-order valence-corrected chi connectivity index (χ4v) is 2.13. The highest BCUT2D eigenvalue weighted by Gasteiger charge is 2.25. The number of benzene rings is 1. The number of ether oxygens (including phenoxy) is 1. The average Bonchev–Trinajstić information content (AvgIpc) is 2.92. The summed E-state index contributed by atoms with van der Waals surface area (Å²) in [6, 6.07) is 9.67. The first-order valence-corrected chi connectivity index (χ1v) is 7.99. The SMILES string of the molecule is CC(C)(CNC(=O)OC(C)(C)C)Cc1nc(-c2ccccc2)no1. The Morgan fingerprint density at radius 1 is 1.17 bits per heavy atom. The van der Waals surface area contributed by atoms with Gasteiger partial charge in [-0.1, -0.05) is 49.3 Å². The topological polar surface area (TPSA) is 77.2 Å². The predicted molar refractivity (Wildman–Crippen MR) is 91.5 cm³/mol. The monoisotopic (exact) mass is 331 g/mol. The molecule has 0 atom stereocenters. The van der Waals surface area contributed by atoms with Crippen molar-refractivity contribution in [3.8, 4) is 11.4 Å². The Morgan fingerprint density at radius 2 is 1.83 bits per heavy atom. The Labute approximate surface area is 142 Å². The molecule has 1 heterocycles. The number of hydrogen-bond acceptors (Lipinski definition) is 5. The molecule has 24 heavy (non-hydrogen) atoms. The van der Waals surface area contributed by atoms with E-state index in [1.165, 1.54) is 0 Å². The summed E-state index contributed by atoms with van der Waals surface area (Å²) in [6.07, 6.45) is 0.133. The van der Waals surface area contributed by atoms with Crippen LogP contribution in [0.4, 0.5) is 4.79 Å². The minimum Gasteiger partial charge on any atom is -0.444 e. The Kier molecular flexibility index (Phi) is 5.26. The summed E-state index contributed by atoms with van der Waals surface area (Å²) in [5.41, 5.74) is 0.167. The van der Waals surface area contributed by atoms with Crippen molar-refractivity contribution in [2.45, 2.75) is 46.6 Å². The maximum absolute atomic E-state index is 11.8. The molecule has 1 aromatic carbocycles. The van der Waals surface area contributed by atoms with Crippen molar-refractivity contribution in [1.29, 1.82) is 0 Å². The Morgan fingerprint density at radius 3 is 2.46 bits per heavy atom. The lowest BCUT2D eigenvalue weighted by Crippen LogP contribution is -2.38. The van der Waals surface area contributed by atoms with Gasteiger partial charge in [-0.15, -0.1) is 0 Å². The van der Waals surface area contributed by atoms with Crippen LogP contribution in [0.5, 0.6) is 0 Å². The number of carbonyl (C=O) groups is 1. The molecule has 0 aliphatic heterocycles. The highest BCUT2D eigenvalue weighted by atomic mass is 16.6. The molecule has 1 amide bonds. The number of carbonyl (C=O) groups excluding carboxylic acids is 1. The number of rotatable bonds is 5. The van der Waals surface area contributed by atoms with Gasteiger partial charge in [-0.3, -0.25) is 0 Å². The average molecular weight is 331 g/mol. The number of aromatic nitrogens is 2. The van der Waals surface area contributed by atoms with Crippen molar-refractivity contribution in [3.63, 3.8) is 0 Å². The molecule has 2 aromatic rings. The van der Waals surface area contributed by atoms with Crippen LogP contribution in [0.1, 0.15) is 40.5 Å². The van der Waals surface area contributed by atoms with Crippen molar-refractivity contribution >= 4 is 6.09 Å². The van der Waals surface area contributed by atoms with Crippen LogP contribution >= 0.6 is 0 Å². The van der Waals surface area contributed by atoms with E-state index in [-0.39, 0.29) is 5.41 Å². The van der Waals surface area contributed by atoms with Gasteiger partial charge >= 0.3 is 6.09 Å². The van der Waals surface area contributed by atoms with Crippen LogP contribution < -0.4 is 5.32 Å². The molecule has 0 aliphatic rings. The van der Waals surface area contributed by atoms with Crippen LogP contribution in [0.15, 0.2) is 34.9 Å². The van der Waals surface area contributed by atoms with E-state index in [1.807, 2.05) is 65.0 Å². The minimum atomic E-state index is -0.509. The Balaban J connectivity index is 1.92. The maximum Gasteiger partial charge on any atom is 0.407 e. The zero-order valence-corrected chi connectivity index (χ0v) is 14.9. The van der Waals surface area contributed by atoms with Crippen molar-refractivity contribution in [3.05, 3.63) is 36.2 Å². The van der Waals surface area contributed by atoms with Crippen LogP contribution in [0.25, 0.3) is 11.4 Å². The van der Waals surface area contributed by atoms with Crippen molar-refractivity contribution in [1.82, 2.24) is 15.5 Å². The summed E-state index contributed by atoms with van der Waals surface area (Å²) < 4.78 is 10.6. The third-order valence-electron chi connectivity index (χ3n) is 3.24. The highest BCUT2D eigenvalue weighted by molar-refractivity contribution is 5.67. The van der Waals surface area contributed by atoms with E-state index in [2.05, 4.69) is 15.5 Å². The van der Waals surface area contributed by atoms with Gasteiger partial charge in [0.1, 0.15) is 5.60 Å². The largest absolute Gasteiger partial charge is 0.444 e. The van der Waals surface area contributed by atoms with Gasteiger partial charge in [0.2, 0.25) is 11.7 Å². The zero-order valence-electron chi connectivity index (χ0n) is 14.9. The summed E-state index contributed by atoms with van der Waals surface area (Å²) in [7, 11) is 0. The summed E-state index contributed by atoms with van der Waals surface area (Å²) in [5.74, 6) is 1.12. The van der Waals surface area contributed by atoms with Crippen LogP contribution in [0, 0.1) is 5.41 Å². The van der Waals surface area contributed by atoms with E-state index in [9.17, 15) is 4.79 Å². The van der Waals surface area contributed by atoms with Gasteiger partial charge in [0, 0.05) is 18.5 Å². The molecule has 0 bridgehead atoms. The molecule has 6 heteroatoms. The van der Waals surface area contributed by atoms with Gasteiger partial charge in [0.05, 0.1) is 0 Å². The number of nitrogens with one attached hydrogen (secondary N) is 1. The van der Waals surface area contributed by atoms with E-state index >= 15 is 0 Å². The molecule has 0 aliphatic carbocycles. The molecule has 1 aromatic heterocycles.